The van der Waals surface area contributed by atoms with Crippen LogP contribution in [0.25, 0.3) is 0 Å². The van der Waals surface area contributed by atoms with E-state index in [0.29, 0.717) is 11.5 Å². The maximum absolute atomic E-state index is 13.4. The summed E-state index contributed by atoms with van der Waals surface area (Å²) < 4.78 is 38.5. The highest BCUT2D eigenvalue weighted by Gasteiger charge is 2.33. The monoisotopic (exact) mass is 431 g/mol. The normalized spacial score (nSPS) is 13.0. The molecule has 0 heterocycles. The molecule has 0 amide bonds. The summed E-state index contributed by atoms with van der Waals surface area (Å²) in [5, 5.41) is 11.2. The van der Waals surface area contributed by atoms with E-state index in [9.17, 15) is 13.7 Å². The van der Waals surface area contributed by atoms with Crippen molar-refractivity contribution >= 4 is 10.0 Å². The van der Waals surface area contributed by atoms with E-state index in [0.717, 1.165) is 11.1 Å². The molecule has 2 aromatic rings. The third kappa shape index (κ3) is 6.20. The molecule has 162 valence electrons. The second kappa shape index (κ2) is 9.94. The van der Waals surface area contributed by atoms with E-state index in [2.05, 4.69) is 11.4 Å². The van der Waals surface area contributed by atoms with E-state index in [-0.39, 0.29) is 13.1 Å². The fraction of sp³-hybridized carbons (Fsp3) is 0.409. The lowest BCUT2D eigenvalue weighted by atomic mass is 10.1. The average Bonchev–Trinajstić information content (AvgIpc) is 2.74. The van der Waals surface area contributed by atoms with E-state index in [4.69, 9.17) is 9.47 Å². The summed E-state index contributed by atoms with van der Waals surface area (Å²) in [4.78, 5) is 0. The predicted octanol–water partition coefficient (Wildman–Crippen LogP) is 3.27. The van der Waals surface area contributed by atoms with Crippen molar-refractivity contribution in [1.29, 1.82) is 5.26 Å². The van der Waals surface area contributed by atoms with Gasteiger partial charge in [-0.15, -0.1) is 0 Å². The lowest BCUT2D eigenvalue weighted by Crippen LogP contribution is -2.51. The molecule has 7 nitrogen and oxygen atoms in total. The van der Waals surface area contributed by atoms with Gasteiger partial charge in [0.05, 0.1) is 20.3 Å². The van der Waals surface area contributed by atoms with E-state index >= 15 is 0 Å². The second-order valence-corrected chi connectivity index (χ2v) is 9.79. The Kier molecular flexibility index (Phi) is 7.84. The van der Waals surface area contributed by atoms with Crippen LogP contribution in [0.4, 0.5) is 0 Å². The van der Waals surface area contributed by atoms with Crippen molar-refractivity contribution in [1.82, 2.24) is 9.62 Å². The molecular weight excluding hydrogens is 402 g/mol. The molecule has 0 saturated heterocycles. The zero-order chi connectivity index (χ0) is 22.4. The average molecular weight is 432 g/mol. The number of methoxy groups -OCH3 is 2. The van der Waals surface area contributed by atoms with E-state index in [1.165, 1.54) is 4.31 Å². The van der Waals surface area contributed by atoms with Crippen molar-refractivity contribution in [2.75, 3.05) is 14.2 Å². The number of ether oxygens (including phenoxy) is 2. The van der Waals surface area contributed by atoms with Gasteiger partial charge in [-0.05, 0) is 56.2 Å². The molecule has 8 heteroatoms. The molecule has 1 unspecified atom stereocenters. The van der Waals surface area contributed by atoms with Crippen molar-refractivity contribution in [3.05, 3.63) is 59.7 Å². The molecular formula is C22H29N3O4S. The molecule has 2 aromatic carbocycles. The molecule has 0 spiro atoms. The summed E-state index contributed by atoms with van der Waals surface area (Å²) in [6, 6.07) is 16.6. The Labute approximate surface area is 179 Å². The van der Waals surface area contributed by atoms with Gasteiger partial charge in [0.15, 0.2) is 0 Å². The van der Waals surface area contributed by atoms with E-state index in [1.54, 1.807) is 59.3 Å². The molecule has 1 atom stereocenters. The number of nitriles is 1. The summed E-state index contributed by atoms with van der Waals surface area (Å²) >= 11 is 0. The van der Waals surface area contributed by atoms with Crippen molar-refractivity contribution in [3.8, 4) is 17.6 Å². The first-order valence-corrected chi connectivity index (χ1v) is 11.1. The quantitative estimate of drug-likeness (QED) is 0.621. The first-order chi connectivity index (χ1) is 14.1. The summed E-state index contributed by atoms with van der Waals surface area (Å²) in [6.07, 6.45) is 0. The SMILES string of the molecule is COc1ccc(CN(Cc2ccc(OC)cc2)S(=O)(=O)C(C)NC(C)(C)C#N)cc1. The van der Waals surface area contributed by atoms with Crippen LogP contribution in [0.5, 0.6) is 11.5 Å². The molecule has 0 aromatic heterocycles. The Bertz CT molecular complexity index is 915. The first kappa shape index (κ1) is 23.7. The van der Waals surface area contributed by atoms with Gasteiger partial charge in [0, 0.05) is 13.1 Å². The molecule has 0 aliphatic carbocycles. The molecule has 1 N–H and O–H groups in total. The minimum atomic E-state index is -3.76. The summed E-state index contributed by atoms with van der Waals surface area (Å²) in [5.41, 5.74) is 0.692. The van der Waals surface area contributed by atoms with Crippen molar-refractivity contribution in [3.63, 3.8) is 0 Å². The zero-order valence-corrected chi connectivity index (χ0v) is 18.9. The Morgan fingerprint density at radius 3 is 1.70 bits per heavy atom. The molecule has 30 heavy (non-hydrogen) atoms. The first-order valence-electron chi connectivity index (χ1n) is 9.55. The van der Waals surface area contributed by atoms with Gasteiger partial charge in [-0.1, -0.05) is 24.3 Å². The third-order valence-corrected chi connectivity index (χ3v) is 6.68. The lowest BCUT2D eigenvalue weighted by Gasteiger charge is -2.30. The number of benzene rings is 2. The van der Waals surface area contributed by atoms with E-state index in [1.807, 2.05) is 24.3 Å². The van der Waals surface area contributed by atoms with E-state index < -0.39 is 20.9 Å². The topological polar surface area (TPSA) is 91.7 Å². The van der Waals surface area contributed by atoms with Crippen molar-refractivity contribution in [2.45, 2.75) is 44.8 Å². The smallest absolute Gasteiger partial charge is 0.230 e. The fourth-order valence-electron chi connectivity index (χ4n) is 2.94. The number of hydrogen-bond donors (Lipinski definition) is 1. The van der Waals surface area contributed by atoms with Gasteiger partial charge < -0.3 is 9.47 Å². The number of sulfonamides is 1. The maximum atomic E-state index is 13.4. The molecule has 0 radical (unpaired) electrons. The highest BCUT2D eigenvalue weighted by atomic mass is 32.2. The highest BCUT2D eigenvalue weighted by Crippen LogP contribution is 2.21. The third-order valence-electron chi connectivity index (χ3n) is 4.69. The Morgan fingerprint density at radius 1 is 0.967 bits per heavy atom. The van der Waals surface area contributed by atoms with Crippen LogP contribution >= 0.6 is 0 Å². The minimum Gasteiger partial charge on any atom is -0.497 e. The van der Waals surface area contributed by atoms with Crippen LogP contribution in [0.15, 0.2) is 48.5 Å². The van der Waals surface area contributed by atoms with Crippen LogP contribution in [-0.4, -0.2) is 37.9 Å². The van der Waals surface area contributed by atoms with Gasteiger partial charge in [0.2, 0.25) is 10.0 Å². The Morgan fingerprint density at radius 2 is 1.37 bits per heavy atom. The lowest BCUT2D eigenvalue weighted by molar-refractivity contribution is 0.375. The fourth-order valence-corrected chi connectivity index (χ4v) is 4.49. The van der Waals surface area contributed by atoms with Crippen LogP contribution in [-0.2, 0) is 23.1 Å². The van der Waals surface area contributed by atoms with Gasteiger partial charge in [0.1, 0.15) is 22.4 Å². The number of nitrogens with zero attached hydrogens (tertiary/aromatic N) is 2. The number of hydrogen-bond acceptors (Lipinski definition) is 6. The van der Waals surface area contributed by atoms with Gasteiger partial charge in [0.25, 0.3) is 0 Å². The van der Waals surface area contributed by atoms with Gasteiger partial charge in [-0.3, -0.25) is 5.32 Å². The maximum Gasteiger partial charge on any atom is 0.230 e. The molecule has 0 bridgehead atoms. The van der Waals surface area contributed by atoms with Crippen molar-refractivity contribution in [2.24, 2.45) is 0 Å². The standard InChI is InChI=1S/C22H29N3O4S/c1-17(24-22(2,3)16-23)30(26,27)25(14-18-6-10-20(28-4)11-7-18)15-19-8-12-21(29-5)13-9-19/h6-13,17,24H,14-15H2,1-5H3. The predicted molar refractivity (Wildman–Crippen MR) is 116 cm³/mol. The Balaban J connectivity index is 2.33. The van der Waals surface area contributed by atoms with Crippen LogP contribution in [0.2, 0.25) is 0 Å². The molecule has 0 aliphatic heterocycles. The molecule has 0 fully saturated rings. The number of nitrogens with one attached hydrogen (secondary N) is 1. The van der Waals surface area contributed by atoms with Crippen LogP contribution < -0.4 is 14.8 Å². The Hall–Kier alpha value is -2.60. The summed E-state index contributed by atoms with van der Waals surface area (Å²) in [7, 11) is -0.597. The highest BCUT2D eigenvalue weighted by molar-refractivity contribution is 7.89. The minimum absolute atomic E-state index is 0.192. The molecule has 0 saturated carbocycles. The summed E-state index contributed by atoms with van der Waals surface area (Å²) in [5.74, 6) is 1.41. The second-order valence-electron chi connectivity index (χ2n) is 7.53. The van der Waals surface area contributed by atoms with Crippen LogP contribution in [0.3, 0.4) is 0 Å². The molecule has 2 rings (SSSR count). The van der Waals surface area contributed by atoms with Crippen molar-refractivity contribution < 1.29 is 17.9 Å². The van der Waals surface area contributed by atoms with Gasteiger partial charge in [-0.25, -0.2) is 8.42 Å². The zero-order valence-electron chi connectivity index (χ0n) is 18.0. The summed E-state index contributed by atoms with van der Waals surface area (Å²) in [6.45, 7) is 5.24. The van der Waals surface area contributed by atoms with Gasteiger partial charge >= 0.3 is 0 Å². The largest absolute Gasteiger partial charge is 0.497 e. The van der Waals surface area contributed by atoms with Gasteiger partial charge in [-0.2, -0.15) is 9.57 Å². The molecule has 0 aliphatic rings. The number of rotatable bonds is 10. The van der Waals surface area contributed by atoms with Crippen LogP contribution in [0.1, 0.15) is 31.9 Å². The van der Waals surface area contributed by atoms with Crippen LogP contribution in [0, 0.1) is 11.3 Å².